The number of aliphatic hydroxyl groups excluding tert-OH is 1. The number of hydrogen-bond donors (Lipinski definition) is 2. The number of hydrogen-bond acceptors (Lipinski definition) is 5. The molecule has 2 aliphatic rings. The van der Waals surface area contributed by atoms with Gasteiger partial charge in [0.1, 0.15) is 11.7 Å². The topological polar surface area (TPSA) is 100.0 Å². The van der Waals surface area contributed by atoms with Crippen LogP contribution in [0.3, 0.4) is 0 Å². The lowest BCUT2D eigenvalue weighted by atomic mass is 9.86. The lowest BCUT2D eigenvalue weighted by molar-refractivity contribution is -0.185. The molecule has 0 radical (unpaired) electrons. The fourth-order valence-electron chi connectivity index (χ4n) is 2.93. The summed E-state index contributed by atoms with van der Waals surface area (Å²) < 4.78 is 5.75. The number of rotatable bonds is 3. The van der Waals surface area contributed by atoms with E-state index in [0.29, 0.717) is 5.56 Å². The standard InChI is InChI=1S/C16H18N2O5/c1-16(2,3)12-10(15(21)22)18-13(20)9(14(18)23-12)11(19)8-4-6-17-7-5-8/h4-7,9,11,14,19H,1-3H3,(H,21,22)/t9-,11+,14+/m0/s1. The predicted molar refractivity (Wildman–Crippen MR) is 78.5 cm³/mol. The molecule has 2 N–H and O–H groups in total. The van der Waals surface area contributed by atoms with Gasteiger partial charge in [-0.2, -0.15) is 0 Å². The summed E-state index contributed by atoms with van der Waals surface area (Å²) in [5, 5.41) is 19.9. The molecular formula is C16H18N2O5. The van der Waals surface area contributed by atoms with Crippen LogP contribution in [-0.4, -0.2) is 38.2 Å². The number of carbonyl (C=O) groups excluding carboxylic acids is 1. The summed E-state index contributed by atoms with van der Waals surface area (Å²) in [6, 6.07) is 3.23. The van der Waals surface area contributed by atoms with Crippen molar-refractivity contribution in [3.63, 3.8) is 0 Å². The molecule has 0 aliphatic carbocycles. The molecule has 1 fully saturated rings. The minimum atomic E-state index is -1.21. The molecule has 3 atom stereocenters. The molecule has 1 aromatic rings. The molecule has 7 heteroatoms. The molecule has 0 bridgehead atoms. The SMILES string of the molecule is CC(C)(C)C1=C(C(=O)O)N2C(=O)[C@H]([C@H](O)c3ccncc3)[C@H]2O1. The number of allylic oxidation sites excluding steroid dienone is 1. The number of carbonyl (C=O) groups is 2. The Morgan fingerprint density at radius 1 is 1.35 bits per heavy atom. The average molecular weight is 318 g/mol. The first-order valence-electron chi connectivity index (χ1n) is 7.29. The van der Waals surface area contributed by atoms with Gasteiger partial charge in [0, 0.05) is 17.8 Å². The Balaban J connectivity index is 1.91. The van der Waals surface area contributed by atoms with E-state index in [-0.39, 0.29) is 11.5 Å². The highest BCUT2D eigenvalue weighted by Gasteiger charge is 2.61. The molecule has 0 aromatic carbocycles. The normalized spacial score (nSPS) is 24.9. The van der Waals surface area contributed by atoms with Crippen molar-refractivity contribution in [2.24, 2.45) is 11.3 Å². The molecule has 23 heavy (non-hydrogen) atoms. The Bertz CT molecular complexity index is 692. The molecular weight excluding hydrogens is 300 g/mol. The average Bonchev–Trinajstić information content (AvgIpc) is 2.84. The van der Waals surface area contributed by atoms with Gasteiger partial charge in [-0.25, -0.2) is 4.79 Å². The third-order valence-electron chi connectivity index (χ3n) is 4.05. The summed E-state index contributed by atoms with van der Waals surface area (Å²) in [5.41, 5.74) is -0.148. The maximum absolute atomic E-state index is 12.4. The van der Waals surface area contributed by atoms with Gasteiger partial charge in [0.05, 0.1) is 6.10 Å². The fraction of sp³-hybridized carbons (Fsp3) is 0.438. The summed E-state index contributed by atoms with van der Waals surface area (Å²) in [6.07, 6.45) is 1.19. The van der Waals surface area contributed by atoms with Crippen LogP contribution in [0.25, 0.3) is 0 Å². The van der Waals surface area contributed by atoms with Gasteiger partial charge in [-0.15, -0.1) is 0 Å². The van der Waals surface area contributed by atoms with Crippen molar-refractivity contribution in [2.45, 2.75) is 33.1 Å². The van der Waals surface area contributed by atoms with Crippen LogP contribution in [0.1, 0.15) is 32.4 Å². The van der Waals surface area contributed by atoms with E-state index in [4.69, 9.17) is 4.74 Å². The smallest absolute Gasteiger partial charge is 0.356 e. The van der Waals surface area contributed by atoms with Crippen LogP contribution in [0, 0.1) is 11.3 Å². The van der Waals surface area contributed by atoms with Crippen molar-refractivity contribution < 1.29 is 24.5 Å². The van der Waals surface area contributed by atoms with E-state index in [2.05, 4.69) is 4.98 Å². The van der Waals surface area contributed by atoms with Crippen LogP contribution >= 0.6 is 0 Å². The number of aliphatic hydroxyl groups is 1. The van der Waals surface area contributed by atoms with Gasteiger partial charge in [0.25, 0.3) is 0 Å². The molecule has 0 saturated carbocycles. The second-order valence-corrected chi connectivity index (χ2v) is 6.70. The number of aliphatic carboxylic acids is 1. The number of pyridine rings is 1. The Morgan fingerprint density at radius 3 is 2.48 bits per heavy atom. The Morgan fingerprint density at radius 2 is 1.96 bits per heavy atom. The largest absolute Gasteiger partial charge is 0.476 e. The summed E-state index contributed by atoms with van der Waals surface area (Å²) in [5.74, 6) is -2.22. The molecule has 1 aromatic heterocycles. The quantitative estimate of drug-likeness (QED) is 0.814. The van der Waals surface area contributed by atoms with Gasteiger partial charge in [0.2, 0.25) is 5.91 Å². The third-order valence-corrected chi connectivity index (χ3v) is 4.05. The number of aromatic nitrogens is 1. The molecule has 1 saturated heterocycles. The molecule has 1 amide bonds. The summed E-state index contributed by atoms with van der Waals surface area (Å²) >= 11 is 0. The van der Waals surface area contributed by atoms with Gasteiger partial charge in [-0.1, -0.05) is 20.8 Å². The number of nitrogens with zero attached hydrogens (tertiary/aromatic N) is 2. The highest BCUT2D eigenvalue weighted by atomic mass is 16.5. The highest BCUT2D eigenvalue weighted by molar-refractivity contribution is 5.98. The molecule has 0 spiro atoms. The lowest BCUT2D eigenvalue weighted by Gasteiger charge is -2.43. The zero-order chi connectivity index (χ0) is 16.9. The monoisotopic (exact) mass is 318 g/mol. The number of ether oxygens (including phenoxy) is 1. The van der Waals surface area contributed by atoms with Crippen molar-refractivity contribution in [3.8, 4) is 0 Å². The van der Waals surface area contributed by atoms with E-state index in [0.717, 1.165) is 4.90 Å². The summed E-state index contributed by atoms with van der Waals surface area (Å²) in [7, 11) is 0. The number of carboxylic acids is 1. The number of fused-ring (bicyclic) bond motifs is 1. The lowest BCUT2D eigenvalue weighted by Crippen LogP contribution is -2.61. The molecule has 3 rings (SSSR count). The molecule has 3 heterocycles. The van der Waals surface area contributed by atoms with Crippen LogP contribution in [0.15, 0.2) is 36.0 Å². The minimum Gasteiger partial charge on any atom is -0.476 e. The fourth-order valence-corrected chi connectivity index (χ4v) is 2.93. The van der Waals surface area contributed by atoms with Crippen LogP contribution in [0.4, 0.5) is 0 Å². The second-order valence-electron chi connectivity index (χ2n) is 6.70. The molecule has 7 nitrogen and oxygen atoms in total. The number of β-lactam (4-membered cyclic amide) rings is 1. The first-order valence-corrected chi connectivity index (χ1v) is 7.29. The van der Waals surface area contributed by atoms with E-state index in [9.17, 15) is 19.8 Å². The van der Waals surface area contributed by atoms with Gasteiger partial charge < -0.3 is 14.9 Å². The van der Waals surface area contributed by atoms with Crippen molar-refractivity contribution in [1.29, 1.82) is 0 Å². The van der Waals surface area contributed by atoms with Crippen molar-refractivity contribution in [3.05, 3.63) is 41.5 Å². The van der Waals surface area contributed by atoms with Crippen molar-refractivity contribution >= 4 is 11.9 Å². The maximum atomic E-state index is 12.4. The van der Waals surface area contributed by atoms with Gasteiger partial charge >= 0.3 is 5.97 Å². The number of amides is 1. The molecule has 2 aliphatic heterocycles. The Kier molecular flexibility index (Phi) is 3.40. The summed E-state index contributed by atoms with van der Waals surface area (Å²) in [4.78, 5) is 29.0. The van der Waals surface area contributed by atoms with Gasteiger partial charge in [-0.05, 0) is 17.7 Å². The highest BCUT2D eigenvalue weighted by Crippen LogP contribution is 2.49. The minimum absolute atomic E-state index is 0.134. The van der Waals surface area contributed by atoms with Crippen molar-refractivity contribution in [2.75, 3.05) is 0 Å². The van der Waals surface area contributed by atoms with E-state index < -0.39 is 35.5 Å². The van der Waals surface area contributed by atoms with Crippen LogP contribution in [0.2, 0.25) is 0 Å². The van der Waals surface area contributed by atoms with Crippen LogP contribution in [0.5, 0.6) is 0 Å². The van der Waals surface area contributed by atoms with Gasteiger partial charge in [-0.3, -0.25) is 14.7 Å². The zero-order valence-corrected chi connectivity index (χ0v) is 13.1. The number of carboxylic acid groups (broad SMARTS) is 1. The van der Waals surface area contributed by atoms with Crippen LogP contribution in [-0.2, 0) is 14.3 Å². The maximum Gasteiger partial charge on any atom is 0.356 e. The van der Waals surface area contributed by atoms with Crippen LogP contribution < -0.4 is 0 Å². The van der Waals surface area contributed by atoms with E-state index in [1.54, 1.807) is 12.1 Å². The molecule has 0 unspecified atom stereocenters. The van der Waals surface area contributed by atoms with E-state index >= 15 is 0 Å². The van der Waals surface area contributed by atoms with E-state index in [1.165, 1.54) is 12.4 Å². The Hall–Kier alpha value is -2.41. The van der Waals surface area contributed by atoms with E-state index in [1.807, 2.05) is 20.8 Å². The van der Waals surface area contributed by atoms with Gasteiger partial charge in [0.15, 0.2) is 11.9 Å². The third kappa shape index (κ3) is 2.28. The summed E-state index contributed by atoms with van der Waals surface area (Å²) in [6.45, 7) is 5.45. The second kappa shape index (κ2) is 5.06. The zero-order valence-electron chi connectivity index (χ0n) is 13.1. The van der Waals surface area contributed by atoms with Crippen molar-refractivity contribution in [1.82, 2.24) is 9.88 Å². The first-order chi connectivity index (χ1) is 10.7. The first kappa shape index (κ1) is 15.5. The molecule has 122 valence electrons. The predicted octanol–water partition coefficient (Wildman–Crippen LogP) is 1.27. The Labute approximate surface area is 133 Å².